The summed E-state index contributed by atoms with van der Waals surface area (Å²) >= 11 is 0. The molecule has 0 radical (unpaired) electrons. The van der Waals surface area contributed by atoms with E-state index < -0.39 is 5.91 Å². The Labute approximate surface area is 110 Å². The Hall–Kier alpha value is -2.63. The van der Waals surface area contributed by atoms with Crippen molar-refractivity contribution in [3.63, 3.8) is 0 Å². The topological polar surface area (TPSA) is 90.1 Å². The van der Waals surface area contributed by atoms with E-state index in [2.05, 4.69) is 15.3 Å². The molecule has 1 aromatic carbocycles. The first-order valence-corrected chi connectivity index (χ1v) is 5.83. The van der Waals surface area contributed by atoms with E-state index in [4.69, 9.17) is 10.5 Å². The second-order valence-electron chi connectivity index (χ2n) is 3.73. The molecule has 0 atom stereocenters. The van der Waals surface area contributed by atoms with E-state index >= 15 is 0 Å². The third-order valence-corrected chi connectivity index (χ3v) is 2.37. The van der Waals surface area contributed by atoms with E-state index in [0.29, 0.717) is 23.0 Å². The minimum absolute atomic E-state index is 0.311. The standard InChI is InChI=1S/C13H14N4O2/c1-2-15-11-7-12(17-8-16-11)19-10-6-4-3-5-9(10)13(14)18/h3-8H,2H2,1H3,(H2,14,18)(H,15,16,17). The fraction of sp³-hybridized carbons (Fsp3) is 0.154. The summed E-state index contributed by atoms with van der Waals surface area (Å²) in [5.74, 6) is 0.830. The fourth-order valence-electron chi connectivity index (χ4n) is 1.54. The van der Waals surface area contributed by atoms with Gasteiger partial charge < -0.3 is 15.8 Å². The van der Waals surface area contributed by atoms with Gasteiger partial charge in [-0.3, -0.25) is 4.79 Å². The number of anilines is 1. The highest BCUT2D eigenvalue weighted by atomic mass is 16.5. The number of nitrogens with two attached hydrogens (primary N) is 1. The number of carbonyl (C=O) groups is 1. The molecule has 0 aliphatic carbocycles. The van der Waals surface area contributed by atoms with Crippen molar-refractivity contribution < 1.29 is 9.53 Å². The average molecular weight is 258 g/mol. The van der Waals surface area contributed by atoms with Gasteiger partial charge in [0.25, 0.3) is 5.91 Å². The molecule has 0 unspecified atom stereocenters. The van der Waals surface area contributed by atoms with Crippen LogP contribution >= 0.6 is 0 Å². The van der Waals surface area contributed by atoms with Crippen LogP contribution in [0.4, 0.5) is 5.82 Å². The molecule has 6 heteroatoms. The molecule has 0 fully saturated rings. The second kappa shape index (κ2) is 5.81. The van der Waals surface area contributed by atoms with Crippen molar-refractivity contribution in [1.82, 2.24) is 9.97 Å². The molecule has 0 aliphatic rings. The van der Waals surface area contributed by atoms with Gasteiger partial charge in [-0.2, -0.15) is 0 Å². The maximum absolute atomic E-state index is 11.3. The van der Waals surface area contributed by atoms with Crippen LogP contribution in [0.2, 0.25) is 0 Å². The summed E-state index contributed by atoms with van der Waals surface area (Å²) in [5, 5.41) is 3.05. The predicted octanol–water partition coefficient (Wildman–Crippen LogP) is 1.80. The quantitative estimate of drug-likeness (QED) is 0.853. The highest BCUT2D eigenvalue weighted by molar-refractivity contribution is 5.95. The van der Waals surface area contributed by atoms with Gasteiger partial charge in [0.2, 0.25) is 5.88 Å². The minimum atomic E-state index is -0.545. The molecule has 1 heterocycles. The maximum atomic E-state index is 11.3. The van der Waals surface area contributed by atoms with Gasteiger partial charge in [0.15, 0.2) is 0 Å². The van der Waals surface area contributed by atoms with Gasteiger partial charge in [-0.25, -0.2) is 9.97 Å². The summed E-state index contributed by atoms with van der Waals surface area (Å²) < 4.78 is 5.57. The molecule has 19 heavy (non-hydrogen) atoms. The van der Waals surface area contributed by atoms with Crippen LogP contribution in [-0.2, 0) is 0 Å². The van der Waals surface area contributed by atoms with Crippen molar-refractivity contribution in [2.75, 3.05) is 11.9 Å². The summed E-state index contributed by atoms with van der Waals surface area (Å²) in [7, 11) is 0. The van der Waals surface area contributed by atoms with Crippen LogP contribution in [0.3, 0.4) is 0 Å². The van der Waals surface area contributed by atoms with Gasteiger partial charge >= 0.3 is 0 Å². The first-order chi connectivity index (χ1) is 9.20. The first-order valence-electron chi connectivity index (χ1n) is 5.83. The number of nitrogens with zero attached hydrogens (tertiary/aromatic N) is 2. The number of hydrogen-bond acceptors (Lipinski definition) is 5. The van der Waals surface area contributed by atoms with Crippen molar-refractivity contribution in [2.24, 2.45) is 5.73 Å². The fourth-order valence-corrected chi connectivity index (χ4v) is 1.54. The summed E-state index contributed by atoms with van der Waals surface area (Å²) in [6.45, 7) is 2.71. The highest BCUT2D eigenvalue weighted by Gasteiger charge is 2.10. The largest absolute Gasteiger partial charge is 0.438 e. The predicted molar refractivity (Wildman–Crippen MR) is 71.2 cm³/mol. The zero-order valence-electron chi connectivity index (χ0n) is 10.5. The normalized spacial score (nSPS) is 9.95. The minimum Gasteiger partial charge on any atom is -0.438 e. The van der Waals surface area contributed by atoms with Crippen molar-refractivity contribution in [3.05, 3.63) is 42.2 Å². The average Bonchev–Trinajstić information content (AvgIpc) is 2.40. The molecule has 1 aromatic heterocycles. The maximum Gasteiger partial charge on any atom is 0.252 e. The SMILES string of the molecule is CCNc1cc(Oc2ccccc2C(N)=O)ncn1. The number of aromatic nitrogens is 2. The van der Waals surface area contributed by atoms with Crippen LogP contribution in [0.1, 0.15) is 17.3 Å². The molecule has 2 aromatic rings. The lowest BCUT2D eigenvalue weighted by molar-refractivity contribution is 0.0998. The molecule has 6 nitrogen and oxygen atoms in total. The number of ether oxygens (including phenoxy) is 1. The third-order valence-electron chi connectivity index (χ3n) is 2.37. The third kappa shape index (κ3) is 3.19. The van der Waals surface area contributed by atoms with E-state index in [-0.39, 0.29) is 0 Å². The van der Waals surface area contributed by atoms with Crippen LogP contribution in [0, 0.1) is 0 Å². The number of rotatable bonds is 5. The molecular weight excluding hydrogens is 244 g/mol. The number of amides is 1. The van der Waals surface area contributed by atoms with Crippen molar-refractivity contribution >= 4 is 11.7 Å². The highest BCUT2D eigenvalue weighted by Crippen LogP contribution is 2.24. The molecule has 98 valence electrons. The summed E-state index contributed by atoms with van der Waals surface area (Å²) in [4.78, 5) is 19.3. The number of hydrogen-bond donors (Lipinski definition) is 2. The van der Waals surface area contributed by atoms with Crippen LogP contribution in [-0.4, -0.2) is 22.4 Å². The lowest BCUT2D eigenvalue weighted by atomic mass is 10.2. The van der Waals surface area contributed by atoms with E-state index in [1.165, 1.54) is 6.33 Å². The first kappa shape index (κ1) is 12.8. The van der Waals surface area contributed by atoms with Crippen LogP contribution in [0.15, 0.2) is 36.7 Å². The molecule has 0 spiro atoms. The van der Waals surface area contributed by atoms with E-state index in [1.807, 2.05) is 6.92 Å². The van der Waals surface area contributed by atoms with Gasteiger partial charge in [-0.15, -0.1) is 0 Å². The zero-order valence-corrected chi connectivity index (χ0v) is 10.5. The Morgan fingerprint density at radius 1 is 1.37 bits per heavy atom. The molecule has 0 aliphatic heterocycles. The van der Waals surface area contributed by atoms with Crippen molar-refractivity contribution in [2.45, 2.75) is 6.92 Å². The second-order valence-corrected chi connectivity index (χ2v) is 3.73. The Morgan fingerprint density at radius 2 is 2.16 bits per heavy atom. The van der Waals surface area contributed by atoms with E-state index in [9.17, 15) is 4.79 Å². The molecule has 2 rings (SSSR count). The summed E-state index contributed by atoms with van der Waals surface area (Å²) in [6, 6.07) is 8.39. The number of nitrogens with one attached hydrogen (secondary N) is 1. The lowest BCUT2D eigenvalue weighted by Gasteiger charge is -2.09. The Balaban J connectivity index is 2.26. The summed E-state index contributed by atoms with van der Waals surface area (Å²) in [5.41, 5.74) is 5.59. The van der Waals surface area contributed by atoms with Crippen LogP contribution in [0.5, 0.6) is 11.6 Å². The van der Waals surface area contributed by atoms with Gasteiger partial charge in [0.05, 0.1) is 5.56 Å². The Bertz CT molecular complexity index is 586. The molecule has 0 bridgehead atoms. The van der Waals surface area contributed by atoms with Crippen LogP contribution < -0.4 is 15.8 Å². The number of benzene rings is 1. The van der Waals surface area contributed by atoms with E-state index in [0.717, 1.165) is 6.54 Å². The number of para-hydroxylation sites is 1. The van der Waals surface area contributed by atoms with E-state index in [1.54, 1.807) is 30.3 Å². The molecule has 0 saturated heterocycles. The lowest BCUT2D eigenvalue weighted by Crippen LogP contribution is -2.12. The molecule has 3 N–H and O–H groups in total. The van der Waals surface area contributed by atoms with Gasteiger partial charge in [0, 0.05) is 12.6 Å². The Morgan fingerprint density at radius 3 is 2.89 bits per heavy atom. The van der Waals surface area contributed by atoms with Crippen molar-refractivity contribution in [1.29, 1.82) is 0 Å². The monoisotopic (exact) mass is 258 g/mol. The summed E-state index contributed by atoms with van der Waals surface area (Å²) in [6.07, 6.45) is 1.39. The zero-order chi connectivity index (χ0) is 13.7. The van der Waals surface area contributed by atoms with Gasteiger partial charge in [0.1, 0.15) is 17.9 Å². The molecule has 1 amide bonds. The Kier molecular flexibility index (Phi) is 3.92. The molecule has 0 saturated carbocycles. The molecular formula is C13H14N4O2. The number of carbonyl (C=O) groups excluding carboxylic acids is 1. The van der Waals surface area contributed by atoms with Crippen molar-refractivity contribution in [3.8, 4) is 11.6 Å². The smallest absolute Gasteiger partial charge is 0.252 e. The number of primary amides is 1. The van der Waals surface area contributed by atoms with Crippen LogP contribution in [0.25, 0.3) is 0 Å². The van der Waals surface area contributed by atoms with Gasteiger partial charge in [-0.1, -0.05) is 12.1 Å². The van der Waals surface area contributed by atoms with Gasteiger partial charge in [-0.05, 0) is 19.1 Å².